The smallest absolute Gasteiger partial charge is 0.439 e. The van der Waals surface area contributed by atoms with Gasteiger partial charge in [-0.05, 0) is 12.1 Å². The van der Waals surface area contributed by atoms with Crippen molar-refractivity contribution in [1.29, 1.82) is 0 Å². The fourth-order valence-electron chi connectivity index (χ4n) is 4.12. The van der Waals surface area contributed by atoms with E-state index < -0.39 is 17.4 Å². The molecule has 6 heteroatoms. The first-order valence-corrected chi connectivity index (χ1v) is 9.10. The van der Waals surface area contributed by atoms with Gasteiger partial charge >= 0.3 is 6.29 Å². The largest absolute Gasteiger partial charge is 0.524 e. The van der Waals surface area contributed by atoms with Gasteiger partial charge in [0.2, 0.25) is 5.71 Å². The molecule has 6 nitrogen and oxygen atoms in total. The molecule has 0 N–H and O–H groups in total. The Morgan fingerprint density at radius 3 is 2.07 bits per heavy atom. The Bertz CT molecular complexity index is 1250. The molecule has 1 aliphatic heterocycles. The van der Waals surface area contributed by atoms with Crippen molar-refractivity contribution in [1.82, 2.24) is 4.57 Å². The quantitative estimate of drug-likeness (QED) is 0.441. The minimum atomic E-state index is -1.03. The molecule has 3 heterocycles. The summed E-state index contributed by atoms with van der Waals surface area (Å²) >= 11 is 0. The molecule has 2 aromatic heterocycles. The number of hydrogen-bond acceptors (Lipinski definition) is 3. The fraction of sp³-hybridized carbons (Fsp3) is 0.333. The Hall–Kier alpha value is -3.02. The molecule has 0 atom stereocenters. The molecule has 0 spiro atoms. The SMILES string of the molecule is CC1(C)[N+](=O)C(n2c3ccccc3c3c4ccccc4oc32)[N+](=O)C1(C)C. The summed E-state index contributed by atoms with van der Waals surface area (Å²) in [5.74, 6) is 0. The molecule has 136 valence electrons. The van der Waals surface area contributed by atoms with E-state index in [0.29, 0.717) is 5.71 Å². The van der Waals surface area contributed by atoms with Gasteiger partial charge in [0.1, 0.15) is 15.1 Å². The molecule has 0 unspecified atom stereocenters. The average Bonchev–Trinajstić information content (AvgIpc) is 3.20. The summed E-state index contributed by atoms with van der Waals surface area (Å²) in [6.45, 7) is 7.25. The molecular formula is C21H21N3O3+2. The molecule has 2 aromatic carbocycles. The highest BCUT2D eigenvalue weighted by Gasteiger charge is 2.76. The highest BCUT2D eigenvalue weighted by atomic mass is 16.4. The topological polar surface area (TPSA) is 58.2 Å². The van der Waals surface area contributed by atoms with Crippen molar-refractivity contribution in [2.75, 3.05) is 0 Å². The van der Waals surface area contributed by atoms with Crippen molar-refractivity contribution in [3.8, 4) is 0 Å². The minimum absolute atomic E-state index is 0.553. The fourth-order valence-corrected chi connectivity index (χ4v) is 4.12. The molecule has 1 saturated heterocycles. The monoisotopic (exact) mass is 363 g/mol. The van der Waals surface area contributed by atoms with Crippen LogP contribution in [0.1, 0.15) is 34.0 Å². The lowest BCUT2D eigenvalue weighted by molar-refractivity contribution is -0.783. The van der Waals surface area contributed by atoms with Crippen LogP contribution < -0.4 is 0 Å². The summed E-state index contributed by atoms with van der Waals surface area (Å²) in [5.41, 5.74) is 0.398. The van der Waals surface area contributed by atoms with E-state index in [1.54, 1.807) is 4.57 Å². The van der Waals surface area contributed by atoms with E-state index in [4.69, 9.17) is 4.42 Å². The maximum absolute atomic E-state index is 13.3. The molecule has 0 amide bonds. The first kappa shape index (κ1) is 16.2. The predicted octanol–water partition coefficient (Wildman–Crippen LogP) is 5.13. The van der Waals surface area contributed by atoms with Gasteiger partial charge in [0.25, 0.3) is 11.1 Å². The third kappa shape index (κ3) is 1.75. The van der Waals surface area contributed by atoms with Gasteiger partial charge in [-0.3, -0.25) is 0 Å². The molecule has 5 rings (SSSR count). The molecule has 0 saturated carbocycles. The zero-order chi connectivity index (χ0) is 19.1. The molecule has 1 fully saturated rings. The van der Waals surface area contributed by atoms with E-state index in [2.05, 4.69) is 0 Å². The number of furan rings is 1. The molecule has 0 bridgehead atoms. The van der Waals surface area contributed by atoms with Crippen molar-refractivity contribution < 1.29 is 13.9 Å². The number of fused-ring (bicyclic) bond motifs is 5. The number of benzene rings is 2. The van der Waals surface area contributed by atoms with E-state index in [9.17, 15) is 9.81 Å². The summed E-state index contributed by atoms with van der Waals surface area (Å²) in [5, 5.41) is 2.89. The molecule has 1 aliphatic rings. The maximum Gasteiger partial charge on any atom is 0.524 e. The zero-order valence-electron chi connectivity index (χ0n) is 15.8. The summed E-state index contributed by atoms with van der Waals surface area (Å²) < 4.78 is 9.70. The second-order valence-electron chi connectivity index (χ2n) is 8.28. The Labute approximate surface area is 155 Å². The number of rotatable bonds is 1. The number of aromatic nitrogens is 1. The Morgan fingerprint density at radius 2 is 1.41 bits per heavy atom. The highest BCUT2D eigenvalue weighted by Crippen LogP contribution is 2.46. The van der Waals surface area contributed by atoms with Crippen molar-refractivity contribution in [3.63, 3.8) is 0 Å². The van der Waals surface area contributed by atoms with Gasteiger partial charge in [0.15, 0.2) is 0 Å². The standard InChI is InChI=1S/C21H21N3O3/c1-20(2)21(3,4)24(26)19(23(20)25)22-15-11-7-5-9-13(15)17-14-10-6-8-12-16(14)27-18(17)22/h5-12,19H,1-4H3/q+2. The third-order valence-electron chi connectivity index (χ3n) is 6.48. The summed E-state index contributed by atoms with van der Waals surface area (Å²) in [7, 11) is 0. The molecule has 4 aromatic rings. The number of para-hydroxylation sites is 2. The second kappa shape index (κ2) is 4.82. The summed E-state index contributed by atoms with van der Waals surface area (Å²) in [6.07, 6.45) is -1.03. The van der Waals surface area contributed by atoms with E-state index in [-0.39, 0.29) is 0 Å². The van der Waals surface area contributed by atoms with Gasteiger partial charge in [-0.25, -0.2) is 0 Å². The Balaban J connectivity index is 1.93. The van der Waals surface area contributed by atoms with E-state index in [0.717, 1.165) is 36.8 Å². The second-order valence-corrected chi connectivity index (χ2v) is 8.28. The third-order valence-corrected chi connectivity index (χ3v) is 6.48. The van der Waals surface area contributed by atoms with E-state index in [1.165, 1.54) is 0 Å². The first-order valence-electron chi connectivity index (χ1n) is 9.10. The Morgan fingerprint density at radius 1 is 0.852 bits per heavy atom. The molecule has 0 radical (unpaired) electrons. The van der Waals surface area contributed by atoms with Gasteiger partial charge in [0.05, 0.1) is 10.9 Å². The van der Waals surface area contributed by atoms with Gasteiger partial charge in [-0.1, -0.05) is 36.4 Å². The minimum Gasteiger partial charge on any atom is -0.439 e. The van der Waals surface area contributed by atoms with Gasteiger partial charge in [-0.15, -0.1) is 0 Å². The van der Waals surface area contributed by atoms with Crippen molar-refractivity contribution >= 4 is 33.0 Å². The van der Waals surface area contributed by atoms with Crippen LogP contribution in [0.3, 0.4) is 0 Å². The van der Waals surface area contributed by atoms with Crippen LogP contribution in [0.2, 0.25) is 0 Å². The van der Waals surface area contributed by atoms with Crippen LogP contribution in [0.5, 0.6) is 0 Å². The maximum atomic E-state index is 13.3. The van der Waals surface area contributed by atoms with Crippen LogP contribution in [-0.4, -0.2) is 25.2 Å². The van der Waals surface area contributed by atoms with Crippen molar-refractivity contribution in [3.05, 3.63) is 58.3 Å². The van der Waals surface area contributed by atoms with Gasteiger partial charge < -0.3 is 4.42 Å². The normalized spacial score (nSPS) is 19.7. The lowest BCUT2D eigenvalue weighted by atomic mass is 9.84. The van der Waals surface area contributed by atoms with Crippen molar-refractivity contribution in [2.24, 2.45) is 0 Å². The average molecular weight is 363 g/mol. The van der Waals surface area contributed by atoms with E-state index >= 15 is 0 Å². The van der Waals surface area contributed by atoms with E-state index in [1.807, 2.05) is 76.2 Å². The molecule has 0 aliphatic carbocycles. The number of hydrogen-bond donors (Lipinski definition) is 0. The lowest BCUT2D eigenvalue weighted by Crippen LogP contribution is -2.48. The highest BCUT2D eigenvalue weighted by molar-refractivity contribution is 6.19. The predicted molar refractivity (Wildman–Crippen MR) is 104 cm³/mol. The number of nitrogens with zero attached hydrogens (tertiary/aromatic N) is 3. The van der Waals surface area contributed by atoms with Crippen molar-refractivity contribution in [2.45, 2.75) is 45.1 Å². The Kier molecular flexibility index (Phi) is 2.89. The van der Waals surface area contributed by atoms with Crippen LogP contribution in [0.25, 0.3) is 33.0 Å². The van der Waals surface area contributed by atoms with Gasteiger partial charge in [0, 0.05) is 48.3 Å². The lowest BCUT2D eigenvalue weighted by Gasteiger charge is -2.14. The van der Waals surface area contributed by atoms with Crippen LogP contribution in [0, 0.1) is 9.81 Å². The van der Waals surface area contributed by atoms with Crippen LogP contribution >= 0.6 is 0 Å². The summed E-state index contributed by atoms with van der Waals surface area (Å²) in [6, 6.07) is 15.6. The summed E-state index contributed by atoms with van der Waals surface area (Å²) in [4.78, 5) is 26.5. The van der Waals surface area contributed by atoms with Gasteiger partial charge in [-0.2, -0.15) is 4.57 Å². The van der Waals surface area contributed by atoms with Crippen LogP contribution in [-0.2, 0) is 0 Å². The molecule has 27 heavy (non-hydrogen) atoms. The zero-order valence-corrected chi connectivity index (χ0v) is 15.8. The number of nitroso groups, excluding NO2 is 2. The molecular weight excluding hydrogens is 342 g/mol. The van der Waals surface area contributed by atoms with Crippen LogP contribution in [0.15, 0.2) is 52.9 Å². The van der Waals surface area contributed by atoms with Crippen LogP contribution in [0.4, 0.5) is 0 Å². The first-order chi connectivity index (χ1) is 12.8.